The first-order valence-corrected chi connectivity index (χ1v) is 10.9. The molecule has 8 nitrogen and oxygen atoms in total. The van der Waals surface area contributed by atoms with E-state index in [0.29, 0.717) is 30.0 Å². The second-order valence-corrected chi connectivity index (χ2v) is 8.04. The van der Waals surface area contributed by atoms with Crippen LogP contribution in [0.5, 0.6) is 0 Å². The number of nitrogens with zero attached hydrogens (tertiary/aromatic N) is 2. The Hall–Kier alpha value is -3.65. The van der Waals surface area contributed by atoms with Crippen LogP contribution in [0, 0.1) is 0 Å². The number of aliphatic hydroxyl groups is 1. The Bertz CT molecular complexity index is 1080. The minimum absolute atomic E-state index is 0.00930. The fourth-order valence-electron chi connectivity index (χ4n) is 4.29. The normalized spacial score (nSPS) is 19.1. The van der Waals surface area contributed by atoms with Crippen molar-refractivity contribution in [3.8, 4) is 0 Å². The van der Waals surface area contributed by atoms with Gasteiger partial charge in [-0.15, -0.1) is 0 Å². The lowest BCUT2D eigenvalue weighted by Gasteiger charge is -2.28. The van der Waals surface area contributed by atoms with Crippen LogP contribution in [0.25, 0.3) is 6.08 Å². The van der Waals surface area contributed by atoms with Gasteiger partial charge in [-0.1, -0.05) is 12.1 Å². The lowest BCUT2D eigenvalue weighted by molar-refractivity contribution is -0.129. The lowest BCUT2D eigenvalue weighted by Crippen LogP contribution is -2.37. The van der Waals surface area contributed by atoms with Gasteiger partial charge in [-0.2, -0.15) is 0 Å². The van der Waals surface area contributed by atoms with Crippen LogP contribution in [-0.2, 0) is 14.3 Å². The minimum atomic E-state index is -0.763. The number of rotatable bonds is 8. The molecule has 172 valence electrons. The van der Waals surface area contributed by atoms with Crippen molar-refractivity contribution < 1.29 is 28.6 Å². The Balaban J connectivity index is 1.65. The van der Waals surface area contributed by atoms with Gasteiger partial charge in [-0.25, -0.2) is 4.79 Å². The average molecular weight is 450 g/mol. The molecule has 3 heterocycles. The van der Waals surface area contributed by atoms with Gasteiger partial charge < -0.3 is 24.1 Å². The van der Waals surface area contributed by atoms with Crippen LogP contribution in [0.4, 0.5) is 0 Å². The Morgan fingerprint density at radius 1 is 1.15 bits per heavy atom. The number of carbonyl (C=O) groups excluding carboxylic acids is 3. The third-order valence-corrected chi connectivity index (χ3v) is 6.01. The van der Waals surface area contributed by atoms with Gasteiger partial charge in [0.15, 0.2) is 11.5 Å². The zero-order valence-electron chi connectivity index (χ0n) is 18.4. The van der Waals surface area contributed by atoms with Gasteiger partial charge in [-0.05, 0) is 67.9 Å². The molecule has 0 spiro atoms. The smallest absolute Gasteiger partial charge is 0.337 e. The molecule has 1 unspecified atom stereocenters. The number of methoxy groups -OCH3 is 1. The molecule has 1 atom stereocenters. The average Bonchev–Trinajstić information content (AvgIpc) is 3.59. The molecule has 1 fully saturated rings. The van der Waals surface area contributed by atoms with Crippen molar-refractivity contribution in [3.05, 3.63) is 77.0 Å². The third-order valence-electron chi connectivity index (χ3n) is 6.01. The van der Waals surface area contributed by atoms with E-state index in [-0.39, 0.29) is 5.57 Å². The predicted octanol–water partition coefficient (Wildman–Crippen LogP) is 3.14. The fraction of sp³-hybridized carbons (Fsp3) is 0.320. The molecule has 1 saturated heterocycles. The highest BCUT2D eigenvalue weighted by Crippen LogP contribution is 2.38. The van der Waals surface area contributed by atoms with E-state index < -0.39 is 29.5 Å². The third kappa shape index (κ3) is 4.75. The molecule has 0 radical (unpaired) electrons. The highest BCUT2D eigenvalue weighted by Gasteiger charge is 2.42. The van der Waals surface area contributed by atoms with Crippen molar-refractivity contribution in [1.29, 1.82) is 0 Å². The molecular weight excluding hydrogens is 424 g/mol. The van der Waals surface area contributed by atoms with E-state index >= 15 is 0 Å². The highest BCUT2D eigenvalue weighted by molar-refractivity contribution is 6.14. The number of furan rings is 1. The lowest BCUT2D eigenvalue weighted by atomic mass is 9.95. The van der Waals surface area contributed by atoms with Gasteiger partial charge in [0, 0.05) is 13.1 Å². The number of likely N-dealkylation sites (tertiary alicyclic amines) is 1. The summed E-state index contributed by atoms with van der Waals surface area (Å²) in [6, 6.07) is 9.15. The van der Waals surface area contributed by atoms with Crippen molar-refractivity contribution in [2.24, 2.45) is 0 Å². The van der Waals surface area contributed by atoms with E-state index in [0.717, 1.165) is 25.9 Å². The maximum absolute atomic E-state index is 13.1. The van der Waals surface area contributed by atoms with E-state index in [2.05, 4.69) is 4.90 Å². The zero-order valence-corrected chi connectivity index (χ0v) is 18.4. The standard InChI is InChI=1S/C25H26N2O6/c1-32-25(31)18-8-6-17(7-9-18)22-21(20(28)11-10-19-5-4-16-33-19)23(29)24(30)27(22)15-14-26-12-2-3-13-26/h4-11,16,22,29H,2-3,12-15H2,1H3/b11-10+. The summed E-state index contributed by atoms with van der Waals surface area (Å²) in [4.78, 5) is 41.7. The number of hydrogen-bond donors (Lipinski definition) is 1. The largest absolute Gasteiger partial charge is 0.503 e. The Morgan fingerprint density at radius 3 is 2.52 bits per heavy atom. The molecule has 0 aliphatic carbocycles. The van der Waals surface area contributed by atoms with Crippen molar-refractivity contribution in [2.45, 2.75) is 18.9 Å². The van der Waals surface area contributed by atoms with Crippen LogP contribution >= 0.6 is 0 Å². The van der Waals surface area contributed by atoms with Gasteiger partial charge in [0.25, 0.3) is 5.91 Å². The number of ether oxygens (including phenoxy) is 1. The summed E-state index contributed by atoms with van der Waals surface area (Å²) < 4.78 is 9.97. The first-order chi connectivity index (χ1) is 16.0. The summed E-state index contributed by atoms with van der Waals surface area (Å²) in [6.07, 6.45) is 6.52. The van der Waals surface area contributed by atoms with Crippen molar-refractivity contribution >= 4 is 23.7 Å². The summed E-state index contributed by atoms with van der Waals surface area (Å²) in [5, 5.41) is 10.7. The topological polar surface area (TPSA) is 100 Å². The SMILES string of the molecule is COC(=O)c1ccc(C2C(C(=O)/C=C/c3ccco3)=C(O)C(=O)N2CCN2CCCC2)cc1. The molecule has 1 N–H and O–H groups in total. The van der Waals surface area contributed by atoms with Crippen LogP contribution in [-0.4, -0.2) is 65.9 Å². The molecule has 1 aromatic heterocycles. The Kier molecular flexibility index (Phi) is 6.74. The van der Waals surface area contributed by atoms with Crippen molar-refractivity contribution in [3.63, 3.8) is 0 Å². The van der Waals surface area contributed by atoms with Crippen LogP contribution in [0.15, 0.2) is 64.5 Å². The number of esters is 1. The zero-order chi connectivity index (χ0) is 23.4. The van der Waals surface area contributed by atoms with Gasteiger partial charge in [-0.3, -0.25) is 9.59 Å². The highest BCUT2D eigenvalue weighted by atomic mass is 16.5. The van der Waals surface area contributed by atoms with E-state index in [1.807, 2.05) is 0 Å². The number of amides is 1. The maximum Gasteiger partial charge on any atom is 0.337 e. The van der Waals surface area contributed by atoms with Crippen molar-refractivity contribution in [1.82, 2.24) is 9.80 Å². The van der Waals surface area contributed by atoms with Gasteiger partial charge in [0.2, 0.25) is 0 Å². The molecule has 2 aliphatic rings. The minimum Gasteiger partial charge on any atom is -0.503 e. The number of ketones is 1. The number of allylic oxidation sites excluding steroid dienone is 1. The summed E-state index contributed by atoms with van der Waals surface area (Å²) in [5.41, 5.74) is 0.985. The van der Waals surface area contributed by atoms with Crippen LogP contribution in [0.1, 0.15) is 40.6 Å². The summed E-state index contributed by atoms with van der Waals surface area (Å²) in [6.45, 7) is 2.96. The molecule has 0 saturated carbocycles. The van der Waals surface area contributed by atoms with Gasteiger partial charge >= 0.3 is 5.97 Å². The van der Waals surface area contributed by atoms with Crippen molar-refractivity contribution in [2.75, 3.05) is 33.3 Å². The molecule has 33 heavy (non-hydrogen) atoms. The molecular formula is C25H26N2O6. The second kappa shape index (κ2) is 9.87. The van der Waals surface area contributed by atoms with E-state index in [1.54, 1.807) is 36.4 Å². The number of benzene rings is 1. The molecule has 0 bridgehead atoms. The molecule has 1 aromatic carbocycles. The molecule has 2 aliphatic heterocycles. The van der Waals surface area contributed by atoms with Crippen LogP contribution in [0.2, 0.25) is 0 Å². The maximum atomic E-state index is 13.1. The first-order valence-electron chi connectivity index (χ1n) is 10.9. The summed E-state index contributed by atoms with van der Waals surface area (Å²) >= 11 is 0. The van der Waals surface area contributed by atoms with E-state index in [4.69, 9.17) is 9.15 Å². The number of carbonyl (C=O) groups is 3. The molecule has 8 heteroatoms. The summed E-state index contributed by atoms with van der Waals surface area (Å²) in [5.74, 6) is -1.61. The van der Waals surface area contributed by atoms with E-state index in [1.165, 1.54) is 30.4 Å². The van der Waals surface area contributed by atoms with Gasteiger partial charge in [0.05, 0.1) is 30.6 Å². The fourth-order valence-corrected chi connectivity index (χ4v) is 4.29. The molecule has 4 rings (SSSR count). The van der Waals surface area contributed by atoms with E-state index in [9.17, 15) is 19.5 Å². The summed E-state index contributed by atoms with van der Waals surface area (Å²) in [7, 11) is 1.30. The molecule has 1 amide bonds. The Morgan fingerprint density at radius 2 is 1.88 bits per heavy atom. The monoisotopic (exact) mass is 450 g/mol. The first kappa shape index (κ1) is 22.5. The molecule has 2 aromatic rings. The van der Waals surface area contributed by atoms with Gasteiger partial charge in [0.1, 0.15) is 5.76 Å². The number of hydrogen-bond acceptors (Lipinski definition) is 7. The predicted molar refractivity (Wildman–Crippen MR) is 120 cm³/mol. The Labute approximate surface area is 191 Å². The number of aliphatic hydroxyl groups excluding tert-OH is 1. The van der Waals surface area contributed by atoms with Crippen LogP contribution in [0.3, 0.4) is 0 Å². The quantitative estimate of drug-likeness (QED) is 0.487. The second-order valence-electron chi connectivity index (χ2n) is 8.04. The van der Waals surface area contributed by atoms with Crippen LogP contribution < -0.4 is 0 Å².